The summed E-state index contributed by atoms with van der Waals surface area (Å²) in [6.07, 6.45) is 0. The molecule has 7 nitrogen and oxygen atoms in total. The first kappa shape index (κ1) is 19.5. The molecule has 0 aliphatic rings. The summed E-state index contributed by atoms with van der Waals surface area (Å²) in [6, 6.07) is 16.8. The Morgan fingerprint density at radius 1 is 1.11 bits per heavy atom. The van der Waals surface area contributed by atoms with E-state index >= 15 is 0 Å². The van der Waals surface area contributed by atoms with Gasteiger partial charge in [-0.3, -0.25) is 4.79 Å². The number of rotatable bonds is 8. The molecule has 1 atom stereocenters. The average Bonchev–Trinajstić information content (AvgIpc) is 3.17. The maximum atomic E-state index is 12.7. The highest BCUT2D eigenvalue weighted by molar-refractivity contribution is 5.80. The number of amides is 1. The topological polar surface area (TPSA) is 81.9 Å². The second-order valence-electron chi connectivity index (χ2n) is 6.94. The second-order valence-corrected chi connectivity index (χ2v) is 6.94. The number of ether oxygens (including phenoxy) is 1. The number of hydrogen-bond acceptors (Lipinski definition) is 5. The van der Waals surface area contributed by atoms with E-state index in [1.807, 2.05) is 75.4 Å². The number of aromatic nitrogens is 4. The van der Waals surface area contributed by atoms with Gasteiger partial charge in [0, 0.05) is 5.56 Å². The van der Waals surface area contributed by atoms with E-state index in [2.05, 4.69) is 20.7 Å². The van der Waals surface area contributed by atoms with Crippen molar-refractivity contribution in [3.8, 4) is 17.1 Å². The van der Waals surface area contributed by atoms with Gasteiger partial charge in [-0.2, -0.15) is 4.80 Å². The van der Waals surface area contributed by atoms with Crippen LogP contribution in [-0.2, 0) is 4.79 Å². The molecule has 3 aromatic rings. The summed E-state index contributed by atoms with van der Waals surface area (Å²) in [4.78, 5) is 14.1. The first-order valence-corrected chi connectivity index (χ1v) is 9.36. The standard InChI is InChI=1S/C21H25N5O2/c1-15(2)19(26-24-20(23-25-26)17-7-5-4-6-8-17)21(27)22-13-14-28-18-11-9-16(3)10-12-18/h4-12,15,19H,13-14H2,1-3H3,(H,22,27). The van der Waals surface area contributed by atoms with Gasteiger partial charge in [-0.25, -0.2) is 0 Å². The number of carbonyl (C=O) groups excluding carboxylic acids is 1. The normalized spacial score (nSPS) is 12.0. The minimum Gasteiger partial charge on any atom is -0.492 e. The van der Waals surface area contributed by atoms with Gasteiger partial charge < -0.3 is 10.1 Å². The van der Waals surface area contributed by atoms with Gasteiger partial charge in [0.1, 0.15) is 12.4 Å². The summed E-state index contributed by atoms with van der Waals surface area (Å²) < 4.78 is 5.65. The molecule has 0 radical (unpaired) electrons. The third kappa shape index (κ3) is 4.94. The summed E-state index contributed by atoms with van der Waals surface area (Å²) in [7, 11) is 0. The van der Waals surface area contributed by atoms with Gasteiger partial charge >= 0.3 is 0 Å². The second kappa shape index (κ2) is 9.12. The van der Waals surface area contributed by atoms with Crippen molar-refractivity contribution in [3.63, 3.8) is 0 Å². The van der Waals surface area contributed by atoms with E-state index < -0.39 is 6.04 Å². The Morgan fingerprint density at radius 2 is 1.82 bits per heavy atom. The van der Waals surface area contributed by atoms with Crippen LogP contribution in [0.5, 0.6) is 5.75 Å². The Hall–Kier alpha value is -3.22. The number of hydrogen-bond donors (Lipinski definition) is 1. The highest BCUT2D eigenvalue weighted by Gasteiger charge is 2.27. The van der Waals surface area contributed by atoms with E-state index in [1.165, 1.54) is 10.4 Å². The highest BCUT2D eigenvalue weighted by Crippen LogP contribution is 2.18. The van der Waals surface area contributed by atoms with Crippen LogP contribution in [0.2, 0.25) is 0 Å². The van der Waals surface area contributed by atoms with Gasteiger partial charge in [-0.1, -0.05) is 61.9 Å². The molecule has 0 fully saturated rings. The summed E-state index contributed by atoms with van der Waals surface area (Å²) in [6.45, 7) is 6.73. The zero-order valence-corrected chi connectivity index (χ0v) is 16.4. The fourth-order valence-electron chi connectivity index (χ4n) is 2.80. The monoisotopic (exact) mass is 379 g/mol. The Morgan fingerprint density at radius 3 is 2.50 bits per heavy atom. The van der Waals surface area contributed by atoms with Crippen LogP contribution in [-0.4, -0.2) is 39.3 Å². The maximum absolute atomic E-state index is 12.7. The van der Waals surface area contributed by atoms with Gasteiger partial charge in [0.25, 0.3) is 0 Å². The fraction of sp³-hybridized carbons (Fsp3) is 0.333. The zero-order valence-electron chi connectivity index (χ0n) is 16.4. The van der Waals surface area contributed by atoms with Crippen molar-refractivity contribution in [2.45, 2.75) is 26.8 Å². The molecule has 3 rings (SSSR count). The fourth-order valence-corrected chi connectivity index (χ4v) is 2.80. The number of nitrogens with zero attached hydrogens (tertiary/aromatic N) is 4. The number of tetrazole rings is 1. The maximum Gasteiger partial charge on any atom is 0.247 e. The van der Waals surface area contributed by atoms with E-state index in [4.69, 9.17) is 4.74 Å². The van der Waals surface area contributed by atoms with Crippen LogP contribution in [0.15, 0.2) is 54.6 Å². The molecule has 146 valence electrons. The zero-order chi connectivity index (χ0) is 19.9. The molecule has 1 unspecified atom stereocenters. The van der Waals surface area contributed by atoms with Crippen LogP contribution in [0.4, 0.5) is 0 Å². The van der Waals surface area contributed by atoms with E-state index in [9.17, 15) is 4.79 Å². The molecule has 0 aliphatic carbocycles. The van der Waals surface area contributed by atoms with E-state index in [0.717, 1.165) is 11.3 Å². The molecule has 0 saturated carbocycles. The predicted molar refractivity (Wildman–Crippen MR) is 107 cm³/mol. The number of carbonyl (C=O) groups is 1. The lowest BCUT2D eigenvalue weighted by molar-refractivity contribution is -0.126. The molecule has 0 aliphatic heterocycles. The Balaban J connectivity index is 1.58. The third-order valence-electron chi connectivity index (χ3n) is 4.30. The largest absolute Gasteiger partial charge is 0.492 e. The lowest BCUT2D eigenvalue weighted by atomic mass is 10.0. The van der Waals surface area contributed by atoms with Gasteiger partial charge in [-0.15, -0.1) is 10.2 Å². The van der Waals surface area contributed by atoms with Crippen molar-refractivity contribution in [1.82, 2.24) is 25.5 Å². The van der Waals surface area contributed by atoms with E-state index in [0.29, 0.717) is 19.0 Å². The Kier molecular flexibility index (Phi) is 6.37. The summed E-state index contributed by atoms with van der Waals surface area (Å²) in [5.74, 6) is 1.14. The van der Waals surface area contributed by atoms with Gasteiger partial charge in [0.2, 0.25) is 11.7 Å². The van der Waals surface area contributed by atoms with Crippen LogP contribution < -0.4 is 10.1 Å². The molecule has 0 bridgehead atoms. The minimum absolute atomic E-state index is 0.0100. The van der Waals surface area contributed by atoms with Gasteiger partial charge in [-0.05, 0) is 30.2 Å². The molecule has 7 heteroatoms. The molecule has 1 aromatic heterocycles. The van der Waals surface area contributed by atoms with Crippen molar-refractivity contribution in [3.05, 3.63) is 60.2 Å². The average molecular weight is 379 g/mol. The first-order chi connectivity index (χ1) is 13.5. The van der Waals surface area contributed by atoms with Crippen LogP contribution in [0.1, 0.15) is 25.5 Å². The quantitative estimate of drug-likeness (QED) is 0.609. The lowest BCUT2D eigenvalue weighted by Gasteiger charge is -2.18. The SMILES string of the molecule is Cc1ccc(OCCNC(=O)C(C(C)C)n2nnc(-c3ccccc3)n2)cc1. The number of benzene rings is 2. The molecule has 0 saturated heterocycles. The summed E-state index contributed by atoms with van der Waals surface area (Å²) >= 11 is 0. The van der Waals surface area contributed by atoms with Crippen LogP contribution in [0, 0.1) is 12.8 Å². The first-order valence-electron chi connectivity index (χ1n) is 9.36. The van der Waals surface area contributed by atoms with Crippen molar-refractivity contribution < 1.29 is 9.53 Å². The molecular weight excluding hydrogens is 354 g/mol. The van der Waals surface area contributed by atoms with Crippen LogP contribution in [0.3, 0.4) is 0 Å². The van der Waals surface area contributed by atoms with Crippen LogP contribution in [0.25, 0.3) is 11.4 Å². The van der Waals surface area contributed by atoms with Crippen molar-refractivity contribution >= 4 is 5.91 Å². The van der Waals surface area contributed by atoms with Crippen molar-refractivity contribution in [2.75, 3.05) is 13.2 Å². The van der Waals surface area contributed by atoms with Crippen molar-refractivity contribution in [2.24, 2.45) is 5.92 Å². The molecular formula is C21H25N5O2. The Bertz CT molecular complexity index is 891. The molecule has 1 N–H and O–H groups in total. The van der Waals surface area contributed by atoms with Crippen molar-refractivity contribution in [1.29, 1.82) is 0 Å². The lowest BCUT2D eigenvalue weighted by Crippen LogP contribution is -2.38. The molecule has 2 aromatic carbocycles. The predicted octanol–water partition coefficient (Wildman–Crippen LogP) is 3.04. The van der Waals surface area contributed by atoms with Gasteiger partial charge in [0.05, 0.1) is 6.54 Å². The highest BCUT2D eigenvalue weighted by atomic mass is 16.5. The molecule has 1 heterocycles. The smallest absolute Gasteiger partial charge is 0.247 e. The third-order valence-corrected chi connectivity index (χ3v) is 4.30. The molecule has 1 amide bonds. The van der Waals surface area contributed by atoms with E-state index in [-0.39, 0.29) is 11.8 Å². The van der Waals surface area contributed by atoms with E-state index in [1.54, 1.807) is 0 Å². The molecule has 0 spiro atoms. The summed E-state index contributed by atoms with van der Waals surface area (Å²) in [5, 5.41) is 15.5. The molecule has 28 heavy (non-hydrogen) atoms. The summed E-state index contributed by atoms with van der Waals surface area (Å²) in [5.41, 5.74) is 2.04. The number of aryl methyl sites for hydroxylation is 1. The Labute approximate surface area is 164 Å². The number of nitrogens with one attached hydrogen (secondary N) is 1. The van der Waals surface area contributed by atoms with Crippen LogP contribution >= 0.6 is 0 Å². The minimum atomic E-state index is -0.538. The van der Waals surface area contributed by atoms with Gasteiger partial charge in [0.15, 0.2) is 6.04 Å².